The van der Waals surface area contributed by atoms with Gasteiger partial charge >= 0.3 is 0 Å². The lowest BCUT2D eigenvalue weighted by Crippen LogP contribution is -2.48. The van der Waals surface area contributed by atoms with Gasteiger partial charge < -0.3 is 16.0 Å². The monoisotopic (exact) mass is 384 g/mol. The Hall–Kier alpha value is -0.530. The van der Waals surface area contributed by atoms with Crippen molar-refractivity contribution in [2.24, 2.45) is 10.4 Å². The number of carbonyl (C=O) groups is 1. The van der Waals surface area contributed by atoms with Crippen LogP contribution < -0.4 is 16.0 Å². The fourth-order valence-electron chi connectivity index (χ4n) is 1.35. The molecule has 0 spiro atoms. The Balaban J connectivity index is 0. The summed E-state index contributed by atoms with van der Waals surface area (Å²) in [6.45, 7) is 13.2. The zero-order valence-corrected chi connectivity index (χ0v) is 15.5. The van der Waals surface area contributed by atoms with E-state index in [0.29, 0.717) is 6.54 Å². The first-order valence-electron chi connectivity index (χ1n) is 6.41. The molecule has 0 heterocycles. The molecule has 0 atom stereocenters. The summed E-state index contributed by atoms with van der Waals surface area (Å²) in [7, 11) is 1.65. The third kappa shape index (κ3) is 9.07. The number of nitrogens with one attached hydrogen (secondary N) is 3. The summed E-state index contributed by atoms with van der Waals surface area (Å²) in [6, 6.07) is 0. The minimum Gasteiger partial charge on any atom is -0.359 e. The third-order valence-corrected chi connectivity index (χ3v) is 2.31. The molecular formula is C13H29IN4O. The Morgan fingerprint density at radius 2 is 1.68 bits per heavy atom. The predicted molar refractivity (Wildman–Crippen MR) is 92.1 cm³/mol. The van der Waals surface area contributed by atoms with Crippen LogP contribution in [0.5, 0.6) is 0 Å². The fourth-order valence-corrected chi connectivity index (χ4v) is 1.35. The van der Waals surface area contributed by atoms with Crippen molar-refractivity contribution in [2.45, 2.75) is 47.1 Å². The molecule has 0 aliphatic carbocycles. The molecule has 0 aromatic carbocycles. The summed E-state index contributed by atoms with van der Waals surface area (Å²) in [4.78, 5) is 16.1. The van der Waals surface area contributed by atoms with Gasteiger partial charge in [0.2, 0.25) is 5.91 Å². The van der Waals surface area contributed by atoms with E-state index < -0.39 is 5.41 Å². The quantitative estimate of drug-likeness (QED) is 0.393. The largest absolute Gasteiger partial charge is 0.359 e. The van der Waals surface area contributed by atoms with Crippen LogP contribution in [0.4, 0.5) is 0 Å². The van der Waals surface area contributed by atoms with Gasteiger partial charge in [0.05, 0.1) is 12.0 Å². The van der Waals surface area contributed by atoms with Crippen molar-refractivity contribution < 1.29 is 4.79 Å². The summed E-state index contributed by atoms with van der Waals surface area (Å²) in [6.07, 6.45) is 0. The molecule has 19 heavy (non-hydrogen) atoms. The van der Waals surface area contributed by atoms with Gasteiger partial charge in [0.1, 0.15) is 0 Å². The van der Waals surface area contributed by atoms with E-state index in [1.807, 2.05) is 20.8 Å². The van der Waals surface area contributed by atoms with Crippen molar-refractivity contribution in [3.8, 4) is 0 Å². The number of hydrogen-bond donors (Lipinski definition) is 3. The van der Waals surface area contributed by atoms with Crippen LogP contribution in [0.15, 0.2) is 4.99 Å². The first-order valence-corrected chi connectivity index (χ1v) is 6.41. The van der Waals surface area contributed by atoms with Crippen molar-refractivity contribution >= 4 is 35.8 Å². The molecule has 3 N–H and O–H groups in total. The highest BCUT2D eigenvalue weighted by atomic mass is 127. The van der Waals surface area contributed by atoms with Gasteiger partial charge in [-0.25, -0.2) is 0 Å². The Bertz CT molecular complexity index is 308. The maximum Gasteiger partial charge on any atom is 0.227 e. The van der Waals surface area contributed by atoms with Crippen LogP contribution in [0.25, 0.3) is 0 Å². The number of carbonyl (C=O) groups excluding carboxylic acids is 1. The van der Waals surface area contributed by atoms with Crippen LogP contribution in [0.1, 0.15) is 41.5 Å². The maximum atomic E-state index is 11.7. The number of halogens is 1. The Labute approximate surface area is 134 Å². The van der Waals surface area contributed by atoms with Crippen LogP contribution in [0.2, 0.25) is 0 Å². The molecule has 1 amide bonds. The van der Waals surface area contributed by atoms with Crippen LogP contribution in [0, 0.1) is 5.41 Å². The zero-order valence-electron chi connectivity index (χ0n) is 13.2. The molecule has 5 nitrogen and oxygen atoms in total. The van der Waals surface area contributed by atoms with Gasteiger partial charge in [-0.1, -0.05) is 0 Å². The molecule has 0 saturated heterocycles. The number of amides is 1. The molecule has 0 rings (SSSR count). The molecule has 0 radical (unpaired) electrons. The standard InChI is InChI=1S/C13H28N4O.HI/c1-8-15-11(17-12(2,3)4)16-9-13(5,6)10(18)14-7;/h8-9H2,1-7H3,(H,14,18)(H2,15,16,17);1H. The molecule has 0 saturated carbocycles. The van der Waals surface area contributed by atoms with Crippen molar-refractivity contribution in [2.75, 3.05) is 20.1 Å². The summed E-state index contributed by atoms with van der Waals surface area (Å²) in [5.41, 5.74) is -0.562. The number of guanidine groups is 1. The summed E-state index contributed by atoms with van der Waals surface area (Å²) in [5, 5.41) is 9.13. The minimum absolute atomic E-state index is 0. The molecular weight excluding hydrogens is 355 g/mol. The van der Waals surface area contributed by atoms with E-state index in [9.17, 15) is 4.79 Å². The first kappa shape index (κ1) is 20.8. The lowest BCUT2D eigenvalue weighted by Gasteiger charge is -2.25. The van der Waals surface area contributed by atoms with Crippen LogP contribution in [-0.2, 0) is 4.79 Å². The SMILES string of the molecule is CCNC(=NCC(C)(C)C(=O)NC)NC(C)(C)C.I. The lowest BCUT2D eigenvalue weighted by atomic mass is 9.93. The highest BCUT2D eigenvalue weighted by Crippen LogP contribution is 2.15. The van der Waals surface area contributed by atoms with Gasteiger partial charge in [-0.3, -0.25) is 9.79 Å². The number of nitrogens with zero attached hydrogens (tertiary/aromatic N) is 1. The lowest BCUT2D eigenvalue weighted by molar-refractivity contribution is -0.128. The molecule has 6 heteroatoms. The molecule has 0 aromatic heterocycles. The fraction of sp³-hybridized carbons (Fsp3) is 0.846. The number of rotatable bonds is 4. The highest BCUT2D eigenvalue weighted by molar-refractivity contribution is 14.0. The van der Waals surface area contributed by atoms with Gasteiger partial charge in [-0.05, 0) is 41.5 Å². The van der Waals surface area contributed by atoms with E-state index in [0.717, 1.165) is 12.5 Å². The van der Waals surface area contributed by atoms with E-state index in [1.165, 1.54) is 0 Å². The topological polar surface area (TPSA) is 65.5 Å². The smallest absolute Gasteiger partial charge is 0.227 e. The van der Waals surface area contributed by atoms with E-state index >= 15 is 0 Å². The second-order valence-corrected chi connectivity index (χ2v) is 6.03. The second-order valence-electron chi connectivity index (χ2n) is 6.03. The molecule has 0 unspecified atom stereocenters. The Morgan fingerprint density at radius 3 is 2.05 bits per heavy atom. The molecule has 0 bridgehead atoms. The third-order valence-electron chi connectivity index (χ3n) is 2.31. The van der Waals surface area contributed by atoms with Crippen molar-refractivity contribution in [3.63, 3.8) is 0 Å². The first-order chi connectivity index (χ1) is 8.12. The maximum absolute atomic E-state index is 11.7. The molecule has 114 valence electrons. The van der Waals surface area contributed by atoms with Crippen molar-refractivity contribution in [1.82, 2.24) is 16.0 Å². The molecule has 0 aromatic rings. The Kier molecular flexibility index (Phi) is 9.41. The zero-order chi connectivity index (χ0) is 14.4. The van der Waals surface area contributed by atoms with E-state index in [2.05, 4.69) is 41.7 Å². The van der Waals surface area contributed by atoms with Gasteiger partial charge in [0, 0.05) is 19.1 Å². The molecule has 0 aliphatic rings. The van der Waals surface area contributed by atoms with Crippen molar-refractivity contribution in [1.29, 1.82) is 0 Å². The van der Waals surface area contributed by atoms with Gasteiger partial charge in [-0.15, -0.1) is 24.0 Å². The summed E-state index contributed by atoms with van der Waals surface area (Å²) in [5.74, 6) is 0.736. The van der Waals surface area contributed by atoms with Gasteiger partial charge in [0.25, 0.3) is 0 Å². The molecule has 0 aliphatic heterocycles. The summed E-state index contributed by atoms with van der Waals surface area (Å²) < 4.78 is 0. The minimum atomic E-state index is -0.505. The molecule has 0 fully saturated rings. The van der Waals surface area contributed by atoms with Crippen LogP contribution >= 0.6 is 24.0 Å². The van der Waals surface area contributed by atoms with E-state index in [-0.39, 0.29) is 35.4 Å². The Morgan fingerprint density at radius 1 is 1.16 bits per heavy atom. The average molecular weight is 384 g/mol. The van der Waals surface area contributed by atoms with Crippen molar-refractivity contribution in [3.05, 3.63) is 0 Å². The van der Waals surface area contributed by atoms with Gasteiger partial charge in [0.15, 0.2) is 5.96 Å². The van der Waals surface area contributed by atoms with E-state index in [4.69, 9.17) is 0 Å². The predicted octanol–water partition coefficient (Wildman–Crippen LogP) is 1.73. The van der Waals surface area contributed by atoms with E-state index in [1.54, 1.807) is 7.05 Å². The summed E-state index contributed by atoms with van der Waals surface area (Å²) >= 11 is 0. The number of hydrogen-bond acceptors (Lipinski definition) is 2. The van der Waals surface area contributed by atoms with Crippen LogP contribution in [-0.4, -0.2) is 37.5 Å². The highest BCUT2D eigenvalue weighted by Gasteiger charge is 2.26. The van der Waals surface area contributed by atoms with Gasteiger partial charge in [-0.2, -0.15) is 0 Å². The average Bonchev–Trinajstić information content (AvgIpc) is 2.23. The number of aliphatic imine (C=N–C) groups is 1. The second kappa shape index (κ2) is 8.60. The normalized spacial score (nSPS) is 12.5. The van der Waals surface area contributed by atoms with Crippen LogP contribution in [0.3, 0.4) is 0 Å².